The van der Waals surface area contributed by atoms with Crippen molar-refractivity contribution in [2.45, 2.75) is 39.0 Å². The fraction of sp³-hybridized carbons (Fsp3) is 0.538. The van der Waals surface area contributed by atoms with Crippen LogP contribution < -0.4 is 0 Å². The minimum atomic E-state index is 0.638. The van der Waals surface area contributed by atoms with Crippen LogP contribution in [0.3, 0.4) is 0 Å². The average Bonchev–Trinajstić information content (AvgIpc) is 2.71. The van der Waals surface area contributed by atoms with Gasteiger partial charge in [-0.25, -0.2) is 0 Å². The van der Waals surface area contributed by atoms with E-state index in [9.17, 15) is 5.11 Å². The zero-order valence-electron chi connectivity index (χ0n) is 8.64. The topological polar surface area (TPSA) is 20.2 Å². The average molecular weight is 188 g/mol. The van der Waals surface area contributed by atoms with E-state index >= 15 is 0 Å². The molecule has 0 fully saturated rings. The SMILES string of the molecule is CC1Cc2cc3c(c(O)c2C1)CCC3. The van der Waals surface area contributed by atoms with Crippen LogP contribution in [0.15, 0.2) is 6.07 Å². The lowest BCUT2D eigenvalue weighted by atomic mass is 10.0. The van der Waals surface area contributed by atoms with Crippen molar-refractivity contribution < 1.29 is 5.11 Å². The van der Waals surface area contributed by atoms with Crippen molar-refractivity contribution in [3.05, 3.63) is 28.3 Å². The van der Waals surface area contributed by atoms with Crippen LogP contribution in [0.1, 0.15) is 35.6 Å². The first-order valence-corrected chi connectivity index (χ1v) is 5.61. The van der Waals surface area contributed by atoms with Crippen LogP contribution in [0.4, 0.5) is 0 Å². The van der Waals surface area contributed by atoms with Crippen molar-refractivity contribution in [2.24, 2.45) is 5.92 Å². The molecule has 3 rings (SSSR count). The molecule has 0 saturated carbocycles. The van der Waals surface area contributed by atoms with Gasteiger partial charge in [0.2, 0.25) is 0 Å². The quantitative estimate of drug-likeness (QED) is 0.663. The molecule has 1 atom stereocenters. The molecule has 2 aliphatic rings. The number of aromatic hydroxyl groups is 1. The van der Waals surface area contributed by atoms with Crippen molar-refractivity contribution in [2.75, 3.05) is 0 Å². The highest BCUT2D eigenvalue weighted by Gasteiger charge is 2.26. The number of hydrogen-bond donors (Lipinski definition) is 1. The second-order valence-electron chi connectivity index (χ2n) is 4.87. The van der Waals surface area contributed by atoms with Crippen molar-refractivity contribution in [3.8, 4) is 5.75 Å². The van der Waals surface area contributed by atoms with Crippen LogP contribution in [0.5, 0.6) is 5.75 Å². The summed E-state index contributed by atoms with van der Waals surface area (Å²) in [6.45, 7) is 2.27. The van der Waals surface area contributed by atoms with Gasteiger partial charge in [-0.05, 0) is 60.3 Å². The van der Waals surface area contributed by atoms with Crippen LogP contribution >= 0.6 is 0 Å². The van der Waals surface area contributed by atoms with Crippen molar-refractivity contribution in [1.82, 2.24) is 0 Å². The molecule has 0 amide bonds. The summed E-state index contributed by atoms with van der Waals surface area (Å²) in [4.78, 5) is 0. The smallest absolute Gasteiger partial charge is 0.122 e. The Kier molecular flexibility index (Phi) is 1.64. The summed E-state index contributed by atoms with van der Waals surface area (Å²) in [7, 11) is 0. The van der Waals surface area contributed by atoms with Crippen molar-refractivity contribution in [3.63, 3.8) is 0 Å². The third-order valence-corrected chi connectivity index (χ3v) is 3.69. The van der Waals surface area contributed by atoms with E-state index in [0.717, 1.165) is 25.2 Å². The number of phenolic OH excluding ortho intramolecular Hbond substituents is 1. The number of rotatable bonds is 0. The van der Waals surface area contributed by atoms with Gasteiger partial charge >= 0.3 is 0 Å². The minimum Gasteiger partial charge on any atom is -0.507 e. The second kappa shape index (κ2) is 2.75. The lowest BCUT2D eigenvalue weighted by Gasteiger charge is -2.08. The Balaban J connectivity index is 2.19. The lowest BCUT2D eigenvalue weighted by molar-refractivity contribution is 0.460. The largest absolute Gasteiger partial charge is 0.507 e. The molecule has 1 aromatic carbocycles. The molecule has 1 N–H and O–H groups in total. The molecule has 0 aromatic heterocycles. The normalized spacial score (nSPS) is 23.6. The first-order chi connectivity index (χ1) is 6.75. The summed E-state index contributed by atoms with van der Waals surface area (Å²) in [5.74, 6) is 1.36. The monoisotopic (exact) mass is 188 g/mol. The molecule has 74 valence electrons. The maximum atomic E-state index is 10.1. The summed E-state index contributed by atoms with van der Waals surface area (Å²) in [5.41, 5.74) is 5.32. The summed E-state index contributed by atoms with van der Waals surface area (Å²) in [6, 6.07) is 2.35. The maximum absolute atomic E-state index is 10.1. The van der Waals surface area contributed by atoms with Gasteiger partial charge in [-0.15, -0.1) is 0 Å². The molecule has 1 heteroatoms. The van der Waals surface area contributed by atoms with E-state index < -0.39 is 0 Å². The summed E-state index contributed by atoms with van der Waals surface area (Å²) in [5, 5.41) is 10.1. The Morgan fingerprint density at radius 2 is 2.00 bits per heavy atom. The van der Waals surface area contributed by atoms with Crippen LogP contribution in [0, 0.1) is 5.92 Å². The van der Waals surface area contributed by atoms with Gasteiger partial charge in [-0.3, -0.25) is 0 Å². The molecular formula is C13H16O. The van der Waals surface area contributed by atoms with E-state index in [0.29, 0.717) is 5.75 Å². The third-order valence-electron chi connectivity index (χ3n) is 3.69. The highest BCUT2D eigenvalue weighted by Crippen LogP contribution is 2.40. The second-order valence-corrected chi connectivity index (χ2v) is 4.87. The van der Waals surface area contributed by atoms with Crippen LogP contribution in [-0.2, 0) is 25.7 Å². The molecule has 0 aliphatic heterocycles. The number of fused-ring (bicyclic) bond motifs is 2. The summed E-state index contributed by atoms with van der Waals surface area (Å²) in [6.07, 6.45) is 5.72. The highest BCUT2D eigenvalue weighted by molar-refractivity contribution is 5.53. The molecule has 1 unspecified atom stereocenters. The molecule has 0 spiro atoms. The minimum absolute atomic E-state index is 0.638. The molecule has 14 heavy (non-hydrogen) atoms. The summed E-state index contributed by atoms with van der Waals surface area (Å²) >= 11 is 0. The maximum Gasteiger partial charge on any atom is 0.122 e. The standard InChI is InChI=1S/C13H16O/c1-8-5-10-7-9-3-2-4-11(9)13(14)12(10)6-8/h7-8,14H,2-6H2,1H3. The Morgan fingerprint density at radius 3 is 2.86 bits per heavy atom. The van der Waals surface area contributed by atoms with Gasteiger partial charge in [-0.1, -0.05) is 13.0 Å². The first kappa shape index (κ1) is 8.34. The molecular weight excluding hydrogens is 172 g/mol. The molecule has 0 saturated heterocycles. The number of hydrogen-bond acceptors (Lipinski definition) is 1. The molecule has 2 aliphatic carbocycles. The Hall–Kier alpha value is -0.980. The van der Waals surface area contributed by atoms with E-state index in [2.05, 4.69) is 13.0 Å². The fourth-order valence-electron chi connectivity index (χ4n) is 3.03. The molecule has 0 bridgehead atoms. The van der Waals surface area contributed by atoms with Gasteiger partial charge in [0.25, 0.3) is 0 Å². The Labute approximate surface area is 84.8 Å². The first-order valence-electron chi connectivity index (χ1n) is 5.61. The predicted octanol–water partition coefficient (Wildman–Crippen LogP) is 2.62. The molecule has 0 heterocycles. The Bertz CT molecular complexity index is 393. The van der Waals surface area contributed by atoms with E-state index in [-0.39, 0.29) is 0 Å². The van der Waals surface area contributed by atoms with E-state index in [4.69, 9.17) is 0 Å². The lowest BCUT2D eigenvalue weighted by Crippen LogP contribution is -1.91. The highest BCUT2D eigenvalue weighted by atomic mass is 16.3. The third kappa shape index (κ3) is 1.01. The number of phenols is 1. The van der Waals surface area contributed by atoms with Gasteiger partial charge in [0.1, 0.15) is 5.75 Å². The fourth-order valence-corrected chi connectivity index (χ4v) is 3.03. The van der Waals surface area contributed by atoms with Gasteiger partial charge in [0.15, 0.2) is 0 Å². The van der Waals surface area contributed by atoms with Gasteiger partial charge < -0.3 is 5.11 Å². The van der Waals surface area contributed by atoms with E-state index in [1.54, 1.807) is 0 Å². The van der Waals surface area contributed by atoms with Gasteiger partial charge in [-0.2, -0.15) is 0 Å². The van der Waals surface area contributed by atoms with Crippen molar-refractivity contribution >= 4 is 0 Å². The van der Waals surface area contributed by atoms with Crippen LogP contribution in [0.25, 0.3) is 0 Å². The molecule has 0 radical (unpaired) electrons. The van der Waals surface area contributed by atoms with Crippen LogP contribution in [-0.4, -0.2) is 5.11 Å². The zero-order valence-corrected chi connectivity index (χ0v) is 8.64. The van der Waals surface area contributed by atoms with E-state index in [1.165, 1.54) is 35.1 Å². The van der Waals surface area contributed by atoms with Crippen LogP contribution in [0.2, 0.25) is 0 Å². The number of benzene rings is 1. The molecule has 1 aromatic rings. The predicted molar refractivity (Wildman–Crippen MR) is 56.7 cm³/mol. The zero-order chi connectivity index (χ0) is 9.71. The number of aryl methyl sites for hydroxylation is 1. The summed E-state index contributed by atoms with van der Waals surface area (Å²) < 4.78 is 0. The van der Waals surface area contributed by atoms with Gasteiger partial charge in [0, 0.05) is 0 Å². The Morgan fingerprint density at radius 1 is 1.14 bits per heavy atom. The molecule has 1 nitrogen and oxygen atoms in total. The van der Waals surface area contributed by atoms with E-state index in [1.807, 2.05) is 0 Å². The van der Waals surface area contributed by atoms with Crippen molar-refractivity contribution in [1.29, 1.82) is 0 Å². The van der Waals surface area contributed by atoms with Gasteiger partial charge in [0.05, 0.1) is 0 Å².